The minimum Gasteiger partial charge on any atom is -0.485 e. The summed E-state index contributed by atoms with van der Waals surface area (Å²) in [6.07, 6.45) is 0. The highest BCUT2D eigenvalue weighted by atomic mass is 32.1. The maximum absolute atomic E-state index is 5.86. The van der Waals surface area contributed by atoms with Gasteiger partial charge in [-0.2, -0.15) is 8.75 Å². The van der Waals surface area contributed by atoms with Crippen molar-refractivity contribution < 1.29 is 18.9 Å². The van der Waals surface area contributed by atoms with Crippen LogP contribution in [0.2, 0.25) is 0 Å². The minimum absolute atomic E-state index is 0.561. The average molecular weight is 417 g/mol. The SMILES string of the molecule is c1sc(-c2ccc(-c3scc4c3OCCO4)c3nsnc23)c2c1OCCO2. The van der Waals surface area contributed by atoms with Crippen molar-refractivity contribution in [3.63, 3.8) is 0 Å². The van der Waals surface area contributed by atoms with E-state index in [0.29, 0.717) is 26.4 Å². The van der Waals surface area contributed by atoms with Gasteiger partial charge >= 0.3 is 0 Å². The van der Waals surface area contributed by atoms with Crippen LogP contribution in [0.25, 0.3) is 31.9 Å². The van der Waals surface area contributed by atoms with Gasteiger partial charge in [0.1, 0.15) is 37.5 Å². The van der Waals surface area contributed by atoms with Crippen LogP contribution in [-0.2, 0) is 0 Å². The molecule has 9 heteroatoms. The number of benzene rings is 1. The summed E-state index contributed by atoms with van der Waals surface area (Å²) in [5.41, 5.74) is 3.77. The third-order valence-corrected chi connectivity index (χ3v) is 6.98. The molecule has 0 aliphatic carbocycles. The Morgan fingerprint density at radius 2 is 1.15 bits per heavy atom. The van der Waals surface area contributed by atoms with E-state index in [1.807, 2.05) is 10.8 Å². The zero-order valence-electron chi connectivity index (χ0n) is 13.9. The lowest BCUT2D eigenvalue weighted by molar-refractivity contribution is 0.174. The molecular formula is C18H12N2O4S3. The summed E-state index contributed by atoms with van der Waals surface area (Å²) in [4.78, 5) is 2.06. The Morgan fingerprint density at radius 1 is 0.667 bits per heavy atom. The Balaban J connectivity index is 1.53. The van der Waals surface area contributed by atoms with E-state index in [1.165, 1.54) is 11.7 Å². The highest BCUT2D eigenvalue weighted by molar-refractivity contribution is 7.15. The molecule has 136 valence electrons. The lowest BCUT2D eigenvalue weighted by Crippen LogP contribution is -2.14. The Hall–Kier alpha value is -2.36. The lowest BCUT2D eigenvalue weighted by atomic mass is 10.0. The van der Waals surface area contributed by atoms with Crippen LogP contribution >= 0.6 is 34.4 Å². The number of thiophene rings is 2. The lowest BCUT2D eigenvalue weighted by Gasteiger charge is -2.17. The number of nitrogens with zero attached hydrogens (tertiary/aromatic N) is 2. The highest BCUT2D eigenvalue weighted by Gasteiger charge is 2.26. The fraction of sp³-hybridized carbons (Fsp3) is 0.222. The van der Waals surface area contributed by atoms with E-state index in [9.17, 15) is 0 Å². The zero-order chi connectivity index (χ0) is 17.8. The van der Waals surface area contributed by atoms with Gasteiger partial charge in [-0.15, -0.1) is 22.7 Å². The first-order valence-corrected chi connectivity index (χ1v) is 10.9. The molecule has 0 N–H and O–H groups in total. The van der Waals surface area contributed by atoms with Gasteiger partial charge in [0.05, 0.1) is 21.5 Å². The molecule has 6 nitrogen and oxygen atoms in total. The maximum Gasteiger partial charge on any atom is 0.180 e. The first-order valence-electron chi connectivity index (χ1n) is 8.40. The molecule has 0 saturated heterocycles. The second-order valence-corrected chi connectivity index (χ2v) is 8.32. The van der Waals surface area contributed by atoms with Gasteiger partial charge in [0.25, 0.3) is 0 Å². The van der Waals surface area contributed by atoms with Gasteiger partial charge in [0.2, 0.25) is 0 Å². The number of hydrogen-bond donors (Lipinski definition) is 0. The van der Waals surface area contributed by atoms with E-state index in [-0.39, 0.29) is 0 Å². The van der Waals surface area contributed by atoms with Crippen LogP contribution in [0.4, 0.5) is 0 Å². The highest BCUT2D eigenvalue weighted by Crippen LogP contribution is 2.50. The van der Waals surface area contributed by atoms with Gasteiger partial charge in [-0.25, -0.2) is 0 Å². The van der Waals surface area contributed by atoms with Crippen molar-refractivity contribution in [2.75, 3.05) is 26.4 Å². The quantitative estimate of drug-likeness (QED) is 0.472. The molecule has 2 aliphatic rings. The number of fused-ring (bicyclic) bond motifs is 3. The summed E-state index contributed by atoms with van der Waals surface area (Å²) in [6.45, 7) is 2.29. The van der Waals surface area contributed by atoms with E-state index < -0.39 is 0 Å². The van der Waals surface area contributed by atoms with E-state index in [1.54, 1.807) is 22.7 Å². The molecule has 0 atom stereocenters. The molecule has 0 amide bonds. The van der Waals surface area contributed by atoms with Crippen molar-refractivity contribution in [2.45, 2.75) is 0 Å². The summed E-state index contributed by atoms with van der Waals surface area (Å²) >= 11 is 4.43. The second kappa shape index (κ2) is 6.08. The molecule has 0 fully saturated rings. The molecule has 4 aromatic rings. The van der Waals surface area contributed by atoms with E-state index in [4.69, 9.17) is 18.9 Å². The Morgan fingerprint density at radius 3 is 1.67 bits per heavy atom. The van der Waals surface area contributed by atoms with Gasteiger partial charge in [-0.05, 0) is 0 Å². The van der Waals surface area contributed by atoms with Crippen molar-refractivity contribution in [3.05, 3.63) is 22.9 Å². The molecular weight excluding hydrogens is 404 g/mol. The first kappa shape index (κ1) is 15.7. The van der Waals surface area contributed by atoms with Crippen LogP contribution in [0.1, 0.15) is 0 Å². The first-order chi connectivity index (χ1) is 13.4. The fourth-order valence-electron chi connectivity index (χ4n) is 3.33. The molecule has 27 heavy (non-hydrogen) atoms. The third-order valence-electron chi connectivity index (χ3n) is 4.51. The van der Waals surface area contributed by atoms with E-state index in [2.05, 4.69) is 20.9 Å². The van der Waals surface area contributed by atoms with Gasteiger partial charge in [0.15, 0.2) is 23.0 Å². The van der Waals surface area contributed by atoms with Crippen LogP contribution in [0.15, 0.2) is 22.9 Å². The van der Waals surface area contributed by atoms with Crippen LogP contribution < -0.4 is 18.9 Å². The molecule has 3 aromatic heterocycles. The summed E-state index contributed by atoms with van der Waals surface area (Å²) in [5, 5.41) is 3.98. The van der Waals surface area contributed by atoms with Gasteiger partial charge in [-0.1, -0.05) is 12.1 Å². The van der Waals surface area contributed by atoms with E-state index in [0.717, 1.165) is 54.9 Å². The Kier molecular flexibility index (Phi) is 3.53. The van der Waals surface area contributed by atoms with Crippen LogP contribution in [-0.4, -0.2) is 35.2 Å². The molecule has 0 radical (unpaired) electrons. The van der Waals surface area contributed by atoms with Gasteiger partial charge < -0.3 is 18.9 Å². The molecule has 0 bridgehead atoms. The summed E-state index contributed by atoms with van der Waals surface area (Å²) < 4.78 is 32.2. The van der Waals surface area contributed by atoms with Crippen molar-refractivity contribution in [1.82, 2.24) is 8.75 Å². The molecule has 1 aromatic carbocycles. The smallest absolute Gasteiger partial charge is 0.180 e. The fourth-order valence-corrected chi connectivity index (χ4v) is 5.82. The summed E-state index contributed by atoms with van der Waals surface area (Å²) in [7, 11) is 0. The predicted octanol–water partition coefficient (Wildman–Crippen LogP) is 4.69. The normalized spacial score (nSPS) is 15.3. The number of ether oxygens (including phenoxy) is 4. The van der Waals surface area contributed by atoms with E-state index >= 15 is 0 Å². The van der Waals surface area contributed by atoms with Crippen molar-refractivity contribution in [3.8, 4) is 43.9 Å². The monoisotopic (exact) mass is 416 g/mol. The van der Waals surface area contributed by atoms with Gasteiger partial charge in [0, 0.05) is 21.9 Å². The minimum atomic E-state index is 0.561. The topological polar surface area (TPSA) is 62.7 Å². The number of hydrogen-bond acceptors (Lipinski definition) is 9. The van der Waals surface area contributed by atoms with Crippen molar-refractivity contribution in [1.29, 1.82) is 0 Å². The van der Waals surface area contributed by atoms with Crippen LogP contribution in [0.5, 0.6) is 23.0 Å². The molecule has 6 rings (SSSR count). The summed E-state index contributed by atoms with van der Waals surface area (Å²) in [6, 6.07) is 4.16. The summed E-state index contributed by atoms with van der Waals surface area (Å²) in [5.74, 6) is 3.22. The second-order valence-electron chi connectivity index (χ2n) is 6.03. The standard InChI is InChI=1S/C18H12N2O4S3/c1-2-10(18-16-12(8-26-18)22-4-6-24-16)14-13(19-27-20-14)9(1)17-15-11(7-25-17)21-3-5-23-15/h1-2,7-8H,3-6H2. The molecule has 2 aliphatic heterocycles. The number of aromatic nitrogens is 2. The Bertz CT molecular complexity index is 1070. The maximum atomic E-state index is 5.86. The third kappa shape index (κ3) is 2.35. The predicted molar refractivity (Wildman–Crippen MR) is 106 cm³/mol. The van der Waals surface area contributed by atoms with Crippen molar-refractivity contribution >= 4 is 45.4 Å². The van der Waals surface area contributed by atoms with Crippen molar-refractivity contribution in [2.24, 2.45) is 0 Å². The number of rotatable bonds is 2. The Labute approximate surface area is 166 Å². The molecule has 0 unspecified atom stereocenters. The average Bonchev–Trinajstić information content (AvgIpc) is 3.45. The largest absolute Gasteiger partial charge is 0.485 e. The molecule has 0 spiro atoms. The van der Waals surface area contributed by atoms with Crippen LogP contribution in [0.3, 0.4) is 0 Å². The zero-order valence-corrected chi connectivity index (χ0v) is 16.3. The van der Waals surface area contributed by atoms with Crippen LogP contribution in [0, 0.1) is 0 Å². The molecule has 0 saturated carbocycles. The molecule has 5 heterocycles. The van der Waals surface area contributed by atoms with Gasteiger partial charge in [-0.3, -0.25) is 0 Å².